The maximum absolute atomic E-state index is 13.4. The molecule has 1 unspecified atom stereocenters. The van der Waals surface area contributed by atoms with E-state index in [9.17, 15) is 9.18 Å². The fraction of sp³-hybridized carbons (Fsp3) is 0.611. The lowest BCUT2D eigenvalue weighted by atomic mass is 9.98. The van der Waals surface area contributed by atoms with Crippen LogP contribution in [0.3, 0.4) is 0 Å². The van der Waals surface area contributed by atoms with Gasteiger partial charge >= 0.3 is 0 Å². The van der Waals surface area contributed by atoms with E-state index in [-0.39, 0.29) is 17.3 Å². The lowest BCUT2D eigenvalue weighted by Crippen LogP contribution is -2.51. The van der Waals surface area contributed by atoms with Crippen molar-refractivity contribution in [1.29, 1.82) is 0 Å². The van der Waals surface area contributed by atoms with Crippen molar-refractivity contribution in [3.05, 3.63) is 29.6 Å². The summed E-state index contributed by atoms with van der Waals surface area (Å²) in [4.78, 5) is 16.1. The van der Waals surface area contributed by atoms with E-state index in [1.54, 1.807) is 6.07 Å². The molecule has 136 valence electrons. The summed E-state index contributed by atoms with van der Waals surface area (Å²) in [5.74, 6) is -1.03. The highest BCUT2D eigenvalue weighted by molar-refractivity contribution is 5.98. The molecule has 25 heavy (non-hydrogen) atoms. The number of carbonyl (C=O) groups excluding carboxylic acids is 1. The minimum absolute atomic E-state index is 0.00299. The fourth-order valence-electron chi connectivity index (χ4n) is 4.01. The van der Waals surface area contributed by atoms with E-state index < -0.39 is 11.7 Å². The van der Waals surface area contributed by atoms with Gasteiger partial charge in [-0.15, -0.1) is 0 Å². The summed E-state index contributed by atoms with van der Waals surface area (Å²) in [5, 5.41) is 0. The molecule has 3 heterocycles. The Morgan fingerprint density at radius 1 is 1.28 bits per heavy atom. The maximum Gasteiger partial charge on any atom is 0.250 e. The van der Waals surface area contributed by atoms with Crippen molar-refractivity contribution in [2.45, 2.75) is 24.5 Å². The molecule has 3 aliphatic heterocycles. The van der Waals surface area contributed by atoms with Crippen LogP contribution in [-0.2, 0) is 9.47 Å². The molecule has 1 atom stereocenters. The molecule has 1 aromatic rings. The number of ether oxygens (including phenoxy) is 2. The first-order valence-corrected chi connectivity index (χ1v) is 8.87. The number of nitrogens with zero attached hydrogens (tertiary/aromatic N) is 2. The predicted octanol–water partition coefficient (Wildman–Crippen LogP) is 0.995. The van der Waals surface area contributed by atoms with Crippen LogP contribution in [0.25, 0.3) is 0 Å². The second kappa shape index (κ2) is 6.55. The fourth-order valence-corrected chi connectivity index (χ4v) is 4.01. The Morgan fingerprint density at radius 3 is 2.64 bits per heavy atom. The van der Waals surface area contributed by atoms with Crippen molar-refractivity contribution in [3.8, 4) is 0 Å². The van der Waals surface area contributed by atoms with Gasteiger partial charge in [-0.2, -0.15) is 0 Å². The minimum atomic E-state index is -0.593. The van der Waals surface area contributed by atoms with Crippen LogP contribution < -0.4 is 10.6 Å². The molecule has 1 amide bonds. The van der Waals surface area contributed by atoms with Crippen LogP contribution in [0.4, 0.5) is 10.1 Å². The summed E-state index contributed by atoms with van der Waals surface area (Å²) >= 11 is 0. The van der Waals surface area contributed by atoms with Gasteiger partial charge in [-0.3, -0.25) is 9.69 Å². The van der Waals surface area contributed by atoms with Crippen LogP contribution in [0.1, 0.15) is 23.2 Å². The predicted molar refractivity (Wildman–Crippen MR) is 91.2 cm³/mol. The van der Waals surface area contributed by atoms with Crippen LogP contribution in [0, 0.1) is 5.82 Å². The van der Waals surface area contributed by atoms with Gasteiger partial charge in [0, 0.05) is 38.4 Å². The molecule has 0 saturated carbocycles. The van der Waals surface area contributed by atoms with Gasteiger partial charge in [-0.1, -0.05) is 0 Å². The second-order valence-corrected chi connectivity index (χ2v) is 7.27. The topological polar surface area (TPSA) is 68.0 Å². The summed E-state index contributed by atoms with van der Waals surface area (Å²) in [5.41, 5.74) is 6.37. The van der Waals surface area contributed by atoms with Gasteiger partial charge in [0.1, 0.15) is 11.4 Å². The molecule has 6 nitrogen and oxygen atoms in total. The number of benzene rings is 1. The van der Waals surface area contributed by atoms with Gasteiger partial charge < -0.3 is 20.1 Å². The summed E-state index contributed by atoms with van der Waals surface area (Å²) < 4.78 is 24.9. The van der Waals surface area contributed by atoms with E-state index in [1.165, 1.54) is 12.1 Å². The Bertz CT molecular complexity index is 657. The number of halogens is 1. The molecule has 0 aliphatic carbocycles. The molecule has 3 saturated heterocycles. The summed E-state index contributed by atoms with van der Waals surface area (Å²) in [6, 6.07) is 4.24. The highest BCUT2D eigenvalue weighted by atomic mass is 19.1. The first-order chi connectivity index (χ1) is 12.0. The summed E-state index contributed by atoms with van der Waals surface area (Å²) in [6.07, 6.45) is 2.46. The molecular formula is C18H24FN3O3. The average Bonchev–Trinajstić information content (AvgIpc) is 3.00. The van der Waals surface area contributed by atoms with E-state index in [1.807, 2.05) is 0 Å². The van der Waals surface area contributed by atoms with E-state index >= 15 is 0 Å². The normalized spacial score (nSPS) is 26.0. The van der Waals surface area contributed by atoms with Crippen molar-refractivity contribution >= 4 is 11.6 Å². The Labute approximate surface area is 146 Å². The number of hydrogen-bond acceptors (Lipinski definition) is 5. The highest BCUT2D eigenvalue weighted by Crippen LogP contribution is 2.36. The Balaban J connectivity index is 1.33. The molecule has 0 bridgehead atoms. The van der Waals surface area contributed by atoms with Crippen LogP contribution >= 0.6 is 0 Å². The SMILES string of the molecule is NC(=O)c1cc(F)ccc1N1CCN(CC2CCC3(COC3)O2)CC1. The van der Waals surface area contributed by atoms with E-state index in [0.717, 1.165) is 64.5 Å². The van der Waals surface area contributed by atoms with Gasteiger partial charge in [-0.05, 0) is 31.0 Å². The zero-order chi connectivity index (χ0) is 17.4. The van der Waals surface area contributed by atoms with Crippen LogP contribution in [-0.4, -0.2) is 68.4 Å². The van der Waals surface area contributed by atoms with Crippen LogP contribution in [0.5, 0.6) is 0 Å². The largest absolute Gasteiger partial charge is 0.375 e. The van der Waals surface area contributed by atoms with Gasteiger partial charge in [0.2, 0.25) is 0 Å². The highest BCUT2D eigenvalue weighted by Gasteiger charge is 2.46. The number of hydrogen-bond donors (Lipinski definition) is 1. The zero-order valence-electron chi connectivity index (χ0n) is 14.2. The summed E-state index contributed by atoms with van der Waals surface area (Å²) in [6.45, 7) is 5.74. The van der Waals surface area contributed by atoms with Crippen molar-refractivity contribution in [1.82, 2.24) is 4.90 Å². The molecule has 7 heteroatoms. The van der Waals surface area contributed by atoms with Gasteiger partial charge in [0.05, 0.1) is 24.9 Å². The summed E-state index contributed by atoms with van der Waals surface area (Å²) in [7, 11) is 0. The molecule has 0 aromatic heterocycles. The van der Waals surface area contributed by atoms with Gasteiger partial charge in [0.25, 0.3) is 5.91 Å². The van der Waals surface area contributed by atoms with Crippen molar-refractivity contribution < 1.29 is 18.7 Å². The van der Waals surface area contributed by atoms with Crippen molar-refractivity contribution in [3.63, 3.8) is 0 Å². The van der Waals surface area contributed by atoms with E-state index in [0.29, 0.717) is 0 Å². The molecule has 1 aromatic carbocycles. The van der Waals surface area contributed by atoms with Crippen molar-refractivity contribution in [2.75, 3.05) is 50.8 Å². The van der Waals surface area contributed by atoms with Crippen LogP contribution in [0.2, 0.25) is 0 Å². The molecule has 3 aliphatic rings. The van der Waals surface area contributed by atoms with E-state index in [2.05, 4.69) is 9.80 Å². The first kappa shape index (κ1) is 16.8. The van der Waals surface area contributed by atoms with Gasteiger partial charge in [-0.25, -0.2) is 4.39 Å². The Kier molecular flexibility index (Phi) is 4.39. The molecular weight excluding hydrogens is 325 g/mol. The molecule has 1 spiro atoms. The average molecular weight is 349 g/mol. The molecule has 2 N–H and O–H groups in total. The minimum Gasteiger partial charge on any atom is -0.375 e. The molecule has 3 fully saturated rings. The van der Waals surface area contributed by atoms with E-state index in [4.69, 9.17) is 15.2 Å². The third-order valence-electron chi connectivity index (χ3n) is 5.47. The number of carbonyl (C=O) groups is 1. The Hall–Kier alpha value is -1.70. The van der Waals surface area contributed by atoms with Crippen LogP contribution in [0.15, 0.2) is 18.2 Å². The Morgan fingerprint density at radius 2 is 2.04 bits per heavy atom. The number of rotatable bonds is 4. The standard InChI is InChI=1S/C18H24FN3O3/c19-13-1-2-16(15(9-13)17(20)23)22-7-5-21(6-8-22)10-14-3-4-18(25-14)11-24-12-18/h1-2,9,14H,3-8,10-12H2,(H2,20,23). The monoisotopic (exact) mass is 349 g/mol. The zero-order valence-corrected chi connectivity index (χ0v) is 14.2. The number of nitrogens with two attached hydrogens (primary N) is 1. The lowest BCUT2D eigenvalue weighted by molar-refractivity contribution is -0.201. The number of primary amides is 1. The quantitative estimate of drug-likeness (QED) is 0.878. The second-order valence-electron chi connectivity index (χ2n) is 7.27. The van der Waals surface area contributed by atoms with Gasteiger partial charge in [0.15, 0.2) is 0 Å². The maximum atomic E-state index is 13.4. The smallest absolute Gasteiger partial charge is 0.250 e. The molecule has 4 rings (SSSR count). The third-order valence-corrected chi connectivity index (χ3v) is 5.47. The first-order valence-electron chi connectivity index (χ1n) is 8.87. The number of anilines is 1. The number of piperazine rings is 1. The van der Waals surface area contributed by atoms with Crippen molar-refractivity contribution in [2.24, 2.45) is 5.73 Å². The molecule has 0 radical (unpaired) electrons. The lowest BCUT2D eigenvalue weighted by Gasteiger charge is -2.39. The third kappa shape index (κ3) is 3.36. The number of amides is 1.